The summed E-state index contributed by atoms with van der Waals surface area (Å²) in [5, 5.41) is 2.90. The van der Waals surface area contributed by atoms with Crippen molar-refractivity contribution >= 4 is 27.7 Å². The van der Waals surface area contributed by atoms with E-state index in [1.165, 1.54) is 12.1 Å². The van der Waals surface area contributed by atoms with Crippen molar-refractivity contribution in [3.8, 4) is 0 Å². The van der Waals surface area contributed by atoms with Gasteiger partial charge in [0.2, 0.25) is 15.9 Å². The summed E-state index contributed by atoms with van der Waals surface area (Å²) >= 11 is 1.57. The van der Waals surface area contributed by atoms with E-state index < -0.39 is 16.1 Å². The lowest BCUT2D eigenvalue weighted by Crippen LogP contribution is -2.47. The van der Waals surface area contributed by atoms with Gasteiger partial charge in [0.25, 0.3) is 0 Å². The normalized spacial score (nSPS) is 13.8. The molecule has 0 radical (unpaired) electrons. The van der Waals surface area contributed by atoms with Gasteiger partial charge in [-0.3, -0.25) is 4.79 Å². The van der Waals surface area contributed by atoms with Gasteiger partial charge >= 0.3 is 0 Å². The topological polar surface area (TPSA) is 75.3 Å². The number of carbonyl (C=O) groups excluding carboxylic acids is 1. The maximum Gasteiger partial charge on any atom is 0.241 e. The average molecular weight is 393 g/mol. The van der Waals surface area contributed by atoms with Gasteiger partial charge in [0.1, 0.15) is 6.04 Å². The van der Waals surface area contributed by atoms with Crippen molar-refractivity contribution in [1.29, 1.82) is 0 Å². The third-order valence-corrected chi connectivity index (χ3v) is 6.07. The molecule has 2 aromatic carbocycles. The molecule has 0 aliphatic carbocycles. The zero-order valence-electron chi connectivity index (χ0n) is 14.9. The number of thioether (sulfide) groups is 1. The maximum absolute atomic E-state index is 12.7. The number of amides is 1. The first-order valence-corrected chi connectivity index (χ1v) is 11.2. The fraction of sp³-hybridized carbons (Fsp3) is 0.316. The minimum atomic E-state index is -3.76. The Morgan fingerprint density at radius 1 is 1.04 bits per heavy atom. The molecule has 2 unspecified atom stereocenters. The SMILES string of the molecule is CSCCC(NS(=O)(=O)c1ccccc1)C(=O)NC(C)c1ccccc1. The number of nitrogens with one attached hydrogen (secondary N) is 2. The molecule has 0 aliphatic rings. The summed E-state index contributed by atoms with van der Waals surface area (Å²) in [6.07, 6.45) is 2.34. The van der Waals surface area contributed by atoms with Crippen molar-refractivity contribution in [2.75, 3.05) is 12.0 Å². The van der Waals surface area contributed by atoms with Gasteiger partial charge in [-0.1, -0.05) is 48.5 Å². The van der Waals surface area contributed by atoms with Crippen LogP contribution in [0.5, 0.6) is 0 Å². The number of carbonyl (C=O) groups is 1. The second-order valence-electron chi connectivity index (χ2n) is 5.91. The molecule has 2 rings (SSSR count). The highest BCUT2D eigenvalue weighted by Gasteiger charge is 2.26. The Balaban J connectivity index is 2.12. The number of sulfonamides is 1. The molecule has 0 fully saturated rings. The zero-order chi connectivity index (χ0) is 19.0. The molecular formula is C19H24N2O3S2. The van der Waals surface area contributed by atoms with Crippen molar-refractivity contribution in [3.63, 3.8) is 0 Å². The molecule has 0 saturated heterocycles. The van der Waals surface area contributed by atoms with Crippen LogP contribution in [0.3, 0.4) is 0 Å². The lowest BCUT2D eigenvalue weighted by molar-refractivity contribution is -0.123. The van der Waals surface area contributed by atoms with E-state index in [1.54, 1.807) is 30.0 Å². The van der Waals surface area contributed by atoms with Gasteiger partial charge in [-0.25, -0.2) is 8.42 Å². The lowest BCUT2D eigenvalue weighted by atomic mass is 10.1. The molecule has 0 aromatic heterocycles. The van der Waals surface area contributed by atoms with Crippen molar-refractivity contribution in [2.45, 2.75) is 30.3 Å². The van der Waals surface area contributed by atoms with E-state index in [2.05, 4.69) is 10.0 Å². The molecule has 5 nitrogen and oxygen atoms in total. The van der Waals surface area contributed by atoms with Crippen molar-refractivity contribution in [3.05, 3.63) is 66.2 Å². The molecule has 2 aromatic rings. The third-order valence-electron chi connectivity index (χ3n) is 3.94. The van der Waals surface area contributed by atoms with Gasteiger partial charge in [-0.05, 0) is 43.0 Å². The Kier molecular flexibility index (Phi) is 7.68. The van der Waals surface area contributed by atoms with E-state index in [1.807, 2.05) is 43.5 Å². The van der Waals surface area contributed by atoms with Crippen LogP contribution in [-0.4, -0.2) is 32.4 Å². The van der Waals surface area contributed by atoms with Gasteiger partial charge in [0, 0.05) is 0 Å². The molecular weight excluding hydrogens is 368 g/mol. The number of hydrogen-bond acceptors (Lipinski definition) is 4. The second kappa shape index (κ2) is 9.75. The summed E-state index contributed by atoms with van der Waals surface area (Å²) in [5.74, 6) is 0.352. The number of benzene rings is 2. The second-order valence-corrected chi connectivity index (χ2v) is 8.61. The Morgan fingerprint density at radius 2 is 1.62 bits per heavy atom. The van der Waals surface area contributed by atoms with Crippen LogP contribution >= 0.6 is 11.8 Å². The largest absolute Gasteiger partial charge is 0.348 e. The Bertz CT molecular complexity index is 796. The summed E-state index contributed by atoms with van der Waals surface area (Å²) in [4.78, 5) is 12.8. The molecule has 0 spiro atoms. The van der Waals surface area contributed by atoms with E-state index in [0.717, 1.165) is 5.56 Å². The molecule has 0 heterocycles. The van der Waals surface area contributed by atoms with Crippen LogP contribution < -0.4 is 10.0 Å². The van der Waals surface area contributed by atoms with Gasteiger partial charge in [-0.15, -0.1) is 0 Å². The minimum Gasteiger partial charge on any atom is -0.348 e. The third kappa shape index (κ3) is 5.86. The van der Waals surface area contributed by atoms with Crippen molar-refractivity contribution in [1.82, 2.24) is 10.0 Å². The van der Waals surface area contributed by atoms with Gasteiger partial charge in [-0.2, -0.15) is 16.5 Å². The predicted octanol–water partition coefficient (Wildman–Crippen LogP) is 2.96. The van der Waals surface area contributed by atoms with E-state index in [4.69, 9.17) is 0 Å². The molecule has 0 saturated carbocycles. The van der Waals surface area contributed by atoms with Crippen molar-refractivity contribution in [2.24, 2.45) is 0 Å². The average Bonchev–Trinajstić information content (AvgIpc) is 2.66. The smallest absolute Gasteiger partial charge is 0.241 e. The summed E-state index contributed by atoms with van der Waals surface area (Å²) in [7, 11) is -3.76. The Morgan fingerprint density at radius 3 is 2.19 bits per heavy atom. The van der Waals surface area contributed by atoms with Crippen LogP contribution in [0.25, 0.3) is 0 Å². The van der Waals surface area contributed by atoms with Gasteiger partial charge in [0.15, 0.2) is 0 Å². The van der Waals surface area contributed by atoms with E-state index in [-0.39, 0.29) is 16.8 Å². The van der Waals surface area contributed by atoms with Crippen LogP contribution in [0.1, 0.15) is 24.9 Å². The van der Waals surface area contributed by atoms with E-state index >= 15 is 0 Å². The number of hydrogen-bond donors (Lipinski definition) is 2. The fourth-order valence-electron chi connectivity index (χ4n) is 2.47. The summed E-state index contributed by atoms with van der Waals surface area (Å²) in [5.41, 5.74) is 0.968. The highest BCUT2D eigenvalue weighted by atomic mass is 32.2. The molecule has 1 amide bonds. The van der Waals surface area contributed by atoms with E-state index in [9.17, 15) is 13.2 Å². The highest BCUT2D eigenvalue weighted by molar-refractivity contribution is 7.98. The van der Waals surface area contributed by atoms with Gasteiger partial charge in [0.05, 0.1) is 10.9 Å². The first kappa shape index (κ1) is 20.5. The highest BCUT2D eigenvalue weighted by Crippen LogP contribution is 2.14. The standard InChI is InChI=1S/C19H24N2O3S2/c1-15(16-9-5-3-6-10-16)20-19(22)18(13-14-25-2)21-26(23,24)17-11-7-4-8-12-17/h3-12,15,18,21H,13-14H2,1-2H3,(H,20,22). The Hall–Kier alpha value is -1.83. The first-order valence-electron chi connectivity index (χ1n) is 8.35. The molecule has 7 heteroatoms. The molecule has 2 N–H and O–H groups in total. The van der Waals surface area contributed by atoms with Crippen molar-refractivity contribution < 1.29 is 13.2 Å². The summed E-state index contributed by atoms with van der Waals surface area (Å²) in [6.45, 7) is 1.88. The lowest BCUT2D eigenvalue weighted by Gasteiger charge is -2.21. The summed E-state index contributed by atoms with van der Waals surface area (Å²) < 4.78 is 27.7. The maximum atomic E-state index is 12.7. The minimum absolute atomic E-state index is 0.151. The Labute approximate surface area is 159 Å². The quantitative estimate of drug-likeness (QED) is 0.688. The van der Waals surface area contributed by atoms with Crippen LogP contribution in [0.2, 0.25) is 0 Å². The van der Waals surface area contributed by atoms with Gasteiger partial charge < -0.3 is 5.32 Å². The fourth-order valence-corrected chi connectivity index (χ4v) is 4.20. The number of rotatable bonds is 9. The molecule has 0 aliphatic heterocycles. The first-order chi connectivity index (χ1) is 12.4. The zero-order valence-corrected chi connectivity index (χ0v) is 16.5. The van der Waals surface area contributed by atoms with Crippen LogP contribution in [0.15, 0.2) is 65.6 Å². The van der Waals surface area contributed by atoms with E-state index in [0.29, 0.717) is 12.2 Å². The monoisotopic (exact) mass is 392 g/mol. The predicted molar refractivity (Wildman–Crippen MR) is 107 cm³/mol. The molecule has 140 valence electrons. The molecule has 0 bridgehead atoms. The molecule has 26 heavy (non-hydrogen) atoms. The molecule has 2 atom stereocenters. The summed E-state index contributed by atoms with van der Waals surface area (Å²) in [6, 6.07) is 16.6. The van der Waals surface area contributed by atoms with Crippen LogP contribution in [-0.2, 0) is 14.8 Å². The van der Waals surface area contributed by atoms with Crippen LogP contribution in [0.4, 0.5) is 0 Å². The van der Waals surface area contributed by atoms with Crippen LogP contribution in [0, 0.1) is 0 Å².